The molecule has 166 valence electrons. The summed E-state index contributed by atoms with van der Waals surface area (Å²) in [4.78, 5) is 34.6. The first-order chi connectivity index (χ1) is 14.2. The Morgan fingerprint density at radius 2 is 2.07 bits per heavy atom. The van der Waals surface area contributed by atoms with Gasteiger partial charge in [0.25, 0.3) is 7.52 Å². The lowest BCUT2D eigenvalue weighted by molar-refractivity contribution is -0.152. The molecule has 30 heavy (non-hydrogen) atoms. The predicted octanol–water partition coefficient (Wildman–Crippen LogP) is 1.81. The van der Waals surface area contributed by atoms with Crippen LogP contribution in [-0.4, -0.2) is 55.0 Å². The molecular formula is C18H29N6O5P. The SMILES string of the molecule is C[C@H](Cn1cnc2c(N)ncnc21)OCP(=O)(O)N[C@@H](C)C(=O)OC1CCCCC1. The lowest BCUT2D eigenvalue weighted by Gasteiger charge is -2.25. The van der Waals surface area contributed by atoms with Gasteiger partial charge in [0.1, 0.15) is 30.3 Å². The minimum absolute atomic E-state index is 0.104. The Morgan fingerprint density at radius 3 is 2.80 bits per heavy atom. The van der Waals surface area contributed by atoms with Crippen LogP contribution in [0.2, 0.25) is 0 Å². The van der Waals surface area contributed by atoms with E-state index in [4.69, 9.17) is 15.2 Å². The van der Waals surface area contributed by atoms with Crippen LogP contribution in [0.3, 0.4) is 0 Å². The molecule has 0 radical (unpaired) electrons. The van der Waals surface area contributed by atoms with Crippen molar-refractivity contribution < 1.29 is 23.7 Å². The number of fused-ring (bicyclic) bond motifs is 1. The van der Waals surface area contributed by atoms with Gasteiger partial charge < -0.3 is 24.7 Å². The molecule has 3 atom stereocenters. The average Bonchev–Trinajstić information content (AvgIpc) is 3.11. The standard InChI is InChI=1S/C18H29N6O5P/c1-12(8-24-10-22-15-16(19)20-9-21-17(15)24)28-11-30(26,27)23-13(2)18(25)29-14-6-4-3-5-7-14/h9-10,12-14H,3-8,11H2,1-2H3,(H2,19,20,21)(H2,23,26,27)/t12-,13+/m1/s1. The molecule has 2 heterocycles. The highest BCUT2D eigenvalue weighted by molar-refractivity contribution is 7.55. The molecule has 1 aliphatic rings. The third-order valence-electron chi connectivity index (χ3n) is 5.00. The van der Waals surface area contributed by atoms with E-state index in [-0.39, 0.29) is 11.9 Å². The first-order valence-corrected chi connectivity index (χ1v) is 11.9. The monoisotopic (exact) mass is 440 g/mol. The Labute approximate surface area is 174 Å². The van der Waals surface area contributed by atoms with Crippen molar-refractivity contribution in [1.82, 2.24) is 24.6 Å². The van der Waals surface area contributed by atoms with E-state index < -0.39 is 32.0 Å². The van der Waals surface area contributed by atoms with Crippen LogP contribution < -0.4 is 10.8 Å². The van der Waals surface area contributed by atoms with Gasteiger partial charge >= 0.3 is 5.97 Å². The van der Waals surface area contributed by atoms with Crippen molar-refractivity contribution in [3.63, 3.8) is 0 Å². The van der Waals surface area contributed by atoms with Gasteiger partial charge in [-0.25, -0.2) is 20.0 Å². The number of carbonyl (C=O) groups excluding carboxylic acids is 1. The van der Waals surface area contributed by atoms with Gasteiger partial charge in [0.2, 0.25) is 0 Å². The van der Waals surface area contributed by atoms with E-state index in [0.29, 0.717) is 17.7 Å². The van der Waals surface area contributed by atoms with Crippen LogP contribution in [0.15, 0.2) is 12.7 Å². The first-order valence-electron chi connectivity index (χ1n) is 10.1. The second-order valence-corrected chi connectivity index (χ2v) is 9.60. The number of rotatable bonds is 9. The molecule has 0 amide bonds. The molecule has 3 rings (SSSR count). The number of anilines is 1. The smallest absolute Gasteiger partial charge is 0.323 e. The number of aromatic nitrogens is 4. The summed E-state index contributed by atoms with van der Waals surface area (Å²) in [6, 6.07) is -0.904. The number of ether oxygens (including phenoxy) is 2. The minimum atomic E-state index is -3.90. The number of esters is 1. The van der Waals surface area contributed by atoms with Crippen molar-refractivity contribution >= 4 is 30.5 Å². The molecule has 0 saturated heterocycles. The van der Waals surface area contributed by atoms with Gasteiger partial charge in [-0.15, -0.1) is 0 Å². The zero-order valence-corrected chi connectivity index (χ0v) is 18.1. The van der Waals surface area contributed by atoms with E-state index in [9.17, 15) is 14.3 Å². The fraction of sp³-hybridized carbons (Fsp3) is 0.667. The Bertz CT molecular complexity index is 916. The number of nitrogen functional groups attached to an aromatic ring is 1. The maximum atomic E-state index is 12.4. The van der Waals surface area contributed by atoms with Crippen molar-refractivity contribution in [2.75, 3.05) is 12.1 Å². The van der Waals surface area contributed by atoms with Gasteiger partial charge in [-0.1, -0.05) is 6.42 Å². The van der Waals surface area contributed by atoms with Crippen LogP contribution in [0.5, 0.6) is 0 Å². The normalized spacial score (nSPS) is 19.3. The molecular weight excluding hydrogens is 411 g/mol. The summed E-state index contributed by atoms with van der Waals surface area (Å²) in [5, 5.41) is 2.45. The van der Waals surface area contributed by atoms with Crippen LogP contribution in [-0.2, 0) is 25.4 Å². The molecule has 1 saturated carbocycles. The number of nitrogens with one attached hydrogen (secondary N) is 1. The average molecular weight is 440 g/mol. The number of imidazole rings is 1. The summed E-state index contributed by atoms with van der Waals surface area (Å²) < 4.78 is 25.2. The summed E-state index contributed by atoms with van der Waals surface area (Å²) in [7, 11) is -3.90. The lowest BCUT2D eigenvalue weighted by atomic mass is 9.98. The Morgan fingerprint density at radius 1 is 1.33 bits per heavy atom. The molecule has 1 fully saturated rings. The molecule has 2 aromatic heterocycles. The minimum Gasteiger partial charge on any atom is -0.461 e. The summed E-state index contributed by atoms with van der Waals surface area (Å²) in [5.74, 6) is -0.239. The molecule has 0 aromatic carbocycles. The maximum Gasteiger partial charge on any atom is 0.323 e. The Hall–Kier alpha value is -2.07. The number of carbonyl (C=O) groups is 1. The van der Waals surface area contributed by atoms with Crippen LogP contribution >= 0.6 is 7.52 Å². The fourth-order valence-electron chi connectivity index (χ4n) is 3.43. The molecule has 0 aliphatic heterocycles. The lowest BCUT2D eigenvalue weighted by Crippen LogP contribution is -2.37. The summed E-state index contributed by atoms with van der Waals surface area (Å²) in [5.41, 5.74) is 6.82. The fourth-order valence-corrected chi connectivity index (χ4v) is 4.67. The molecule has 1 aliphatic carbocycles. The molecule has 1 unspecified atom stereocenters. The van der Waals surface area contributed by atoms with Gasteiger partial charge in [0, 0.05) is 0 Å². The highest BCUT2D eigenvalue weighted by Crippen LogP contribution is 2.36. The summed E-state index contributed by atoms with van der Waals surface area (Å²) in [6.45, 7) is 3.63. The van der Waals surface area contributed by atoms with Crippen LogP contribution in [0, 0.1) is 0 Å². The van der Waals surface area contributed by atoms with E-state index >= 15 is 0 Å². The first kappa shape index (κ1) is 22.6. The van der Waals surface area contributed by atoms with Gasteiger partial charge in [-0.05, 0) is 39.5 Å². The summed E-state index contributed by atoms with van der Waals surface area (Å²) >= 11 is 0. The number of nitrogens with zero attached hydrogens (tertiary/aromatic N) is 4. The maximum absolute atomic E-state index is 12.4. The van der Waals surface area contributed by atoms with E-state index in [1.54, 1.807) is 17.8 Å². The van der Waals surface area contributed by atoms with Crippen LogP contribution in [0.4, 0.5) is 5.82 Å². The third-order valence-corrected chi connectivity index (χ3v) is 6.29. The highest BCUT2D eigenvalue weighted by Gasteiger charge is 2.28. The largest absolute Gasteiger partial charge is 0.461 e. The van der Waals surface area contributed by atoms with Crippen LogP contribution in [0.25, 0.3) is 11.2 Å². The molecule has 2 aromatic rings. The number of hydrogen-bond acceptors (Lipinski definition) is 8. The molecule has 0 spiro atoms. The third kappa shape index (κ3) is 5.98. The Kier molecular flexibility index (Phi) is 7.41. The zero-order chi connectivity index (χ0) is 21.7. The van der Waals surface area contributed by atoms with Crippen molar-refractivity contribution in [3.05, 3.63) is 12.7 Å². The van der Waals surface area contributed by atoms with Crippen molar-refractivity contribution in [1.29, 1.82) is 0 Å². The predicted molar refractivity (Wildman–Crippen MR) is 111 cm³/mol. The van der Waals surface area contributed by atoms with E-state index in [1.165, 1.54) is 13.3 Å². The van der Waals surface area contributed by atoms with Gasteiger partial charge in [-0.3, -0.25) is 9.36 Å². The van der Waals surface area contributed by atoms with Gasteiger partial charge in [-0.2, -0.15) is 0 Å². The molecule has 4 N–H and O–H groups in total. The topological polar surface area (TPSA) is 154 Å². The van der Waals surface area contributed by atoms with E-state index in [1.807, 2.05) is 0 Å². The van der Waals surface area contributed by atoms with Crippen LogP contribution in [0.1, 0.15) is 46.0 Å². The second kappa shape index (κ2) is 9.82. The summed E-state index contributed by atoms with van der Waals surface area (Å²) in [6.07, 6.45) is 6.86. The van der Waals surface area contributed by atoms with Gasteiger partial charge in [0.15, 0.2) is 11.5 Å². The molecule has 0 bridgehead atoms. The van der Waals surface area contributed by atoms with Crippen molar-refractivity contribution in [2.24, 2.45) is 0 Å². The van der Waals surface area contributed by atoms with E-state index in [0.717, 1.165) is 32.1 Å². The number of hydrogen-bond donors (Lipinski definition) is 3. The second-order valence-electron chi connectivity index (χ2n) is 7.68. The number of nitrogens with two attached hydrogens (primary N) is 1. The highest BCUT2D eigenvalue weighted by atomic mass is 31.2. The Balaban J connectivity index is 1.47. The van der Waals surface area contributed by atoms with Crippen molar-refractivity contribution in [2.45, 2.75) is 70.7 Å². The zero-order valence-electron chi connectivity index (χ0n) is 17.2. The van der Waals surface area contributed by atoms with Crippen molar-refractivity contribution in [3.8, 4) is 0 Å². The molecule has 12 heteroatoms. The quantitative estimate of drug-likeness (QED) is 0.388. The van der Waals surface area contributed by atoms with Gasteiger partial charge in [0.05, 0.1) is 19.0 Å². The van der Waals surface area contributed by atoms with E-state index in [2.05, 4.69) is 20.0 Å². The molecule has 11 nitrogen and oxygen atoms in total.